The van der Waals surface area contributed by atoms with Gasteiger partial charge in [0.1, 0.15) is 0 Å². The number of ketones is 1. The van der Waals surface area contributed by atoms with Crippen LogP contribution in [0.1, 0.15) is 19.3 Å². The number of benzene rings is 1. The number of hydrogen-bond acceptors (Lipinski definition) is 4. The molecule has 0 radical (unpaired) electrons. The number of anilines is 1. The smallest absolute Gasteiger partial charge is 0.303 e. The molecule has 0 unspecified atom stereocenters. The molecule has 0 aliphatic carbocycles. The Morgan fingerprint density at radius 2 is 1.84 bits per heavy atom. The first-order valence-electron chi connectivity index (χ1n) is 5.49. The number of rotatable bonds is 7. The van der Waals surface area contributed by atoms with E-state index >= 15 is 0 Å². The van der Waals surface area contributed by atoms with Crippen molar-refractivity contribution >= 4 is 45.8 Å². The minimum absolute atomic E-state index is 0.0525. The Labute approximate surface area is 120 Å². The number of Topliss-reactive ketones (excluding diaryl/α,β-unsaturated/α-hetero) is 1. The lowest BCUT2D eigenvalue weighted by molar-refractivity contribution is -0.137. The SMILES string of the molecule is O=C(O)CCCC(=O)/C(Cl)=N/Nc1ccc(Cl)cc1. The van der Waals surface area contributed by atoms with Crippen LogP contribution in [0.5, 0.6) is 0 Å². The first-order valence-corrected chi connectivity index (χ1v) is 6.24. The van der Waals surface area contributed by atoms with Crippen molar-refractivity contribution in [3.63, 3.8) is 0 Å². The summed E-state index contributed by atoms with van der Waals surface area (Å²) in [5.41, 5.74) is 3.25. The number of carboxylic acid groups (broad SMARTS) is 1. The van der Waals surface area contributed by atoms with Crippen LogP contribution in [0.15, 0.2) is 29.4 Å². The number of carbonyl (C=O) groups is 2. The molecule has 5 nitrogen and oxygen atoms in total. The highest BCUT2D eigenvalue weighted by Crippen LogP contribution is 2.13. The van der Waals surface area contributed by atoms with Gasteiger partial charge in [-0.15, -0.1) is 0 Å². The van der Waals surface area contributed by atoms with Crippen molar-refractivity contribution in [2.24, 2.45) is 5.10 Å². The Balaban J connectivity index is 2.45. The molecule has 0 atom stereocenters. The van der Waals surface area contributed by atoms with Crippen LogP contribution in [-0.2, 0) is 9.59 Å². The zero-order valence-corrected chi connectivity index (χ0v) is 11.4. The zero-order chi connectivity index (χ0) is 14.3. The van der Waals surface area contributed by atoms with Crippen LogP contribution in [0.3, 0.4) is 0 Å². The van der Waals surface area contributed by atoms with E-state index in [1.165, 1.54) is 0 Å². The number of hydrazone groups is 1. The Morgan fingerprint density at radius 3 is 2.42 bits per heavy atom. The molecule has 0 saturated heterocycles. The lowest BCUT2D eigenvalue weighted by Gasteiger charge is -2.01. The Bertz CT molecular complexity index is 486. The second-order valence-corrected chi connectivity index (χ2v) is 4.49. The van der Waals surface area contributed by atoms with Gasteiger partial charge >= 0.3 is 5.97 Å². The van der Waals surface area contributed by atoms with Crippen LogP contribution in [0, 0.1) is 0 Å². The van der Waals surface area contributed by atoms with Crippen molar-refractivity contribution in [3.05, 3.63) is 29.3 Å². The summed E-state index contributed by atoms with van der Waals surface area (Å²) in [7, 11) is 0. The van der Waals surface area contributed by atoms with E-state index in [1.54, 1.807) is 24.3 Å². The topological polar surface area (TPSA) is 78.8 Å². The standard InChI is InChI=1S/C12H12Cl2N2O3/c13-8-4-6-9(7-5-8)15-16-12(14)10(17)2-1-3-11(18)19/h4-7,15H,1-3H2,(H,18,19)/b16-12-. The minimum Gasteiger partial charge on any atom is -0.481 e. The van der Waals surface area contributed by atoms with E-state index in [2.05, 4.69) is 10.5 Å². The maximum atomic E-state index is 11.5. The van der Waals surface area contributed by atoms with Crippen LogP contribution >= 0.6 is 23.2 Å². The molecule has 19 heavy (non-hydrogen) atoms. The van der Waals surface area contributed by atoms with Crippen molar-refractivity contribution < 1.29 is 14.7 Å². The molecule has 0 amide bonds. The molecule has 0 saturated carbocycles. The molecule has 0 heterocycles. The molecule has 1 aromatic carbocycles. The number of aliphatic carboxylic acids is 1. The molecule has 0 aromatic heterocycles. The zero-order valence-electron chi connectivity index (χ0n) is 9.90. The predicted octanol–water partition coefficient (Wildman–Crippen LogP) is 3.13. The minimum atomic E-state index is -0.944. The van der Waals surface area contributed by atoms with Crippen LogP contribution in [0.25, 0.3) is 0 Å². The van der Waals surface area contributed by atoms with Gasteiger partial charge in [-0.05, 0) is 30.7 Å². The van der Waals surface area contributed by atoms with Gasteiger partial charge in [-0.3, -0.25) is 15.0 Å². The Morgan fingerprint density at radius 1 is 1.21 bits per heavy atom. The molecule has 0 bridgehead atoms. The Kier molecular flexibility index (Phi) is 6.32. The summed E-state index contributed by atoms with van der Waals surface area (Å²) in [6.07, 6.45) is 0.221. The van der Waals surface area contributed by atoms with Gasteiger partial charge in [0.15, 0.2) is 11.0 Å². The van der Waals surface area contributed by atoms with Gasteiger partial charge < -0.3 is 5.11 Å². The van der Waals surface area contributed by atoms with E-state index < -0.39 is 11.8 Å². The number of halogens is 2. The molecule has 1 rings (SSSR count). The van der Waals surface area contributed by atoms with Gasteiger partial charge in [-0.1, -0.05) is 23.2 Å². The van der Waals surface area contributed by atoms with Crippen molar-refractivity contribution in [1.82, 2.24) is 0 Å². The van der Waals surface area contributed by atoms with Crippen LogP contribution < -0.4 is 5.43 Å². The molecule has 0 aliphatic heterocycles. The first-order chi connectivity index (χ1) is 8.99. The molecular weight excluding hydrogens is 291 g/mol. The average molecular weight is 303 g/mol. The molecule has 102 valence electrons. The maximum absolute atomic E-state index is 11.5. The highest BCUT2D eigenvalue weighted by atomic mass is 35.5. The van der Waals surface area contributed by atoms with Crippen LogP contribution in [0.2, 0.25) is 5.02 Å². The summed E-state index contributed by atoms with van der Waals surface area (Å²) in [6, 6.07) is 6.71. The maximum Gasteiger partial charge on any atom is 0.303 e. The van der Waals surface area contributed by atoms with E-state index in [0.717, 1.165) is 0 Å². The normalized spacial score (nSPS) is 11.2. The van der Waals surface area contributed by atoms with Gasteiger partial charge in [0, 0.05) is 17.9 Å². The van der Waals surface area contributed by atoms with Gasteiger partial charge in [-0.25, -0.2) is 0 Å². The summed E-state index contributed by atoms with van der Waals surface area (Å²) in [6.45, 7) is 0. The summed E-state index contributed by atoms with van der Waals surface area (Å²) < 4.78 is 0. The van der Waals surface area contributed by atoms with E-state index in [9.17, 15) is 9.59 Å². The fraction of sp³-hybridized carbons (Fsp3) is 0.250. The van der Waals surface area contributed by atoms with Gasteiger partial charge in [0.25, 0.3) is 0 Å². The largest absolute Gasteiger partial charge is 0.481 e. The summed E-state index contributed by atoms with van der Waals surface area (Å²) in [4.78, 5) is 21.8. The van der Waals surface area contributed by atoms with Crippen LogP contribution in [0.4, 0.5) is 5.69 Å². The third kappa shape index (κ3) is 6.22. The summed E-state index contributed by atoms with van der Waals surface area (Å²) in [5.74, 6) is -1.34. The van der Waals surface area contributed by atoms with Crippen molar-refractivity contribution in [3.8, 4) is 0 Å². The van der Waals surface area contributed by atoms with E-state index in [-0.39, 0.29) is 24.4 Å². The van der Waals surface area contributed by atoms with Crippen molar-refractivity contribution in [1.29, 1.82) is 0 Å². The number of nitrogens with zero attached hydrogens (tertiary/aromatic N) is 1. The summed E-state index contributed by atoms with van der Waals surface area (Å²) >= 11 is 11.4. The quantitative estimate of drug-likeness (QED) is 0.599. The van der Waals surface area contributed by atoms with Gasteiger partial charge in [0.2, 0.25) is 0 Å². The van der Waals surface area contributed by atoms with E-state index in [1.807, 2.05) is 0 Å². The van der Waals surface area contributed by atoms with Gasteiger partial charge in [0.05, 0.1) is 5.69 Å². The lowest BCUT2D eigenvalue weighted by Crippen LogP contribution is -2.10. The molecule has 0 aliphatic rings. The lowest BCUT2D eigenvalue weighted by atomic mass is 10.2. The number of hydrogen-bond donors (Lipinski definition) is 2. The van der Waals surface area contributed by atoms with Crippen LogP contribution in [-0.4, -0.2) is 22.0 Å². The summed E-state index contributed by atoms with van der Waals surface area (Å²) in [5, 5.41) is 12.5. The van der Waals surface area contributed by atoms with Gasteiger partial charge in [-0.2, -0.15) is 5.10 Å². The predicted molar refractivity (Wildman–Crippen MR) is 74.9 cm³/mol. The third-order valence-electron chi connectivity index (χ3n) is 2.15. The second kappa shape index (κ2) is 7.76. The highest BCUT2D eigenvalue weighted by Gasteiger charge is 2.09. The monoisotopic (exact) mass is 302 g/mol. The second-order valence-electron chi connectivity index (χ2n) is 3.69. The number of nitrogens with one attached hydrogen (secondary N) is 1. The van der Waals surface area contributed by atoms with Crippen molar-refractivity contribution in [2.75, 3.05) is 5.43 Å². The fourth-order valence-electron chi connectivity index (χ4n) is 1.20. The molecule has 1 aromatic rings. The molecular formula is C12H12Cl2N2O3. The first kappa shape index (κ1) is 15.5. The number of carboxylic acids is 1. The fourth-order valence-corrected chi connectivity index (χ4v) is 1.47. The highest BCUT2D eigenvalue weighted by molar-refractivity contribution is 6.83. The Hall–Kier alpha value is -1.59. The third-order valence-corrected chi connectivity index (χ3v) is 2.70. The molecule has 0 fully saturated rings. The molecule has 2 N–H and O–H groups in total. The number of carbonyl (C=O) groups excluding carboxylic acids is 1. The van der Waals surface area contributed by atoms with E-state index in [4.69, 9.17) is 28.3 Å². The van der Waals surface area contributed by atoms with Crippen molar-refractivity contribution in [2.45, 2.75) is 19.3 Å². The average Bonchev–Trinajstić information content (AvgIpc) is 2.37. The molecule has 7 heteroatoms. The molecule has 0 spiro atoms. The van der Waals surface area contributed by atoms with E-state index in [0.29, 0.717) is 10.7 Å².